The Morgan fingerprint density at radius 2 is 1.74 bits per heavy atom. The van der Waals surface area contributed by atoms with E-state index in [0.29, 0.717) is 12.2 Å². The van der Waals surface area contributed by atoms with Gasteiger partial charge in [0.1, 0.15) is 6.04 Å². The molecule has 0 heterocycles. The first-order valence-corrected chi connectivity index (χ1v) is 11.7. The van der Waals surface area contributed by atoms with Crippen molar-refractivity contribution in [2.75, 3.05) is 22.9 Å². The van der Waals surface area contributed by atoms with Crippen molar-refractivity contribution in [2.45, 2.75) is 25.6 Å². The molecule has 0 unspecified atom stereocenters. The first-order valence-electron chi connectivity index (χ1n) is 8.74. The maximum Gasteiger partial charge on any atom is 0.243 e. The summed E-state index contributed by atoms with van der Waals surface area (Å²) in [6, 6.07) is 16.4. The summed E-state index contributed by atoms with van der Waals surface area (Å²) in [7, 11) is -3.58. The molecule has 0 radical (unpaired) electrons. The van der Waals surface area contributed by atoms with Crippen LogP contribution in [0, 0.1) is 6.92 Å². The number of thioether (sulfide) groups is 1. The third-order valence-corrected chi connectivity index (χ3v) is 6.31. The number of sulfonamides is 1. The monoisotopic (exact) mass is 406 g/mol. The van der Waals surface area contributed by atoms with Gasteiger partial charge in [-0.05, 0) is 31.5 Å². The zero-order chi connectivity index (χ0) is 19.9. The highest BCUT2D eigenvalue weighted by molar-refractivity contribution is 7.98. The lowest BCUT2D eigenvalue weighted by Gasteiger charge is -2.28. The topological polar surface area (TPSA) is 66.5 Å². The molecule has 0 aliphatic carbocycles. The lowest BCUT2D eigenvalue weighted by atomic mass is 10.2. The Kier molecular flexibility index (Phi) is 7.74. The average molecular weight is 407 g/mol. The number of nitrogens with zero attached hydrogens (tertiary/aromatic N) is 1. The van der Waals surface area contributed by atoms with Crippen LogP contribution in [-0.4, -0.2) is 38.9 Å². The molecule has 0 fully saturated rings. The van der Waals surface area contributed by atoms with Gasteiger partial charge in [0.05, 0.1) is 11.9 Å². The van der Waals surface area contributed by atoms with Crippen molar-refractivity contribution in [1.29, 1.82) is 0 Å². The zero-order valence-corrected chi connectivity index (χ0v) is 17.5. The van der Waals surface area contributed by atoms with Gasteiger partial charge >= 0.3 is 0 Å². The SMILES string of the molecule is Cc1ccc(N([C@@H](C)C(=O)NCCSCc2ccccc2)S(C)(=O)=O)cc1. The third-order valence-electron chi connectivity index (χ3n) is 4.03. The molecule has 0 bridgehead atoms. The van der Waals surface area contributed by atoms with Gasteiger partial charge in [-0.15, -0.1) is 0 Å². The molecule has 1 amide bonds. The molecule has 0 aliphatic heterocycles. The number of hydrogen-bond donors (Lipinski definition) is 1. The smallest absolute Gasteiger partial charge is 0.243 e. The standard InChI is InChI=1S/C20H26N2O3S2/c1-16-9-11-19(12-10-16)22(27(3,24)25)17(2)20(23)21-13-14-26-15-18-7-5-4-6-8-18/h4-12,17H,13-15H2,1-3H3,(H,21,23)/t17-/m0/s1. The molecule has 5 nitrogen and oxygen atoms in total. The van der Waals surface area contributed by atoms with E-state index in [1.807, 2.05) is 37.3 Å². The van der Waals surface area contributed by atoms with E-state index in [9.17, 15) is 13.2 Å². The highest BCUT2D eigenvalue weighted by Gasteiger charge is 2.28. The second-order valence-electron chi connectivity index (χ2n) is 6.40. The number of amides is 1. The Morgan fingerprint density at radius 3 is 2.33 bits per heavy atom. The van der Waals surface area contributed by atoms with Gasteiger partial charge in [-0.25, -0.2) is 8.42 Å². The third kappa shape index (κ3) is 6.59. The van der Waals surface area contributed by atoms with E-state index in [0.717, 1.165) is 23.3 Å². The summed E-state index contributed by atoms with van der Waals surface area (Å²) in [5.41, 5.74) is 2.76. The Hall–Kier alpha value is -1.99. The number of benzene rings is 2. The quantitative estimate of drug-likeness (QED) is 0.650. The van der Waals surface area contributed by atoms with Gasteiger partial charge in [-0.3, -0.25) is 9.10 Å². The van der Waals surface area contributed by atoms with Crippen LogP contribution in [0.4, 0.5) is 5.69 Å². The van der Waals surface area contributed by atoms with Crippen molar-refractivity contribution in [1.82, 2.24) is 5.32 Å². The number of hydrogen-bond acceptors (Lipinski definition) is 4. The lowest BCUT2D eigenvalue weighted by Crippen LogP contribution is -2.48. The lowest BCUT2D eigenvalue weighted by molar-refractivity contribution is -0.121. The van der Waals surface area contributed by atoms with Gasteiger partial charge in [-0.2, -0.15) is 11.8 Å². The fourth-order valence-electron chi connectivity index (χ4n) is 2.66. The first-order chi connectivity index (χ1) is 12.8. The number of rotatable bonds is 9. The fraction of sp³-hybridized carbons (Fsp3) is 0.350. The van der Waals surface area contributed by atoms with E-state index < -0.39 is 16.1 Å². The van der Waals surface area contributed by atoms with E-state index in [2.05, 4.69) is 17.4 Å². The van der Waals surface area contributed by atoms with E-state index in [4.69, 9.17) is 0 Å². The molecule has 1 atom stereocenters. The van der Waals surface area contributed by atoms with Gasteiger partial charge in [-0.1, -0.05) is 48.0 Å². The largest absolute Gasteiger partial charge is 0.353 e. The number of nitrogens with one attached hydrogen (secondary N) is 1. The number of carbonyl (C=O) groups is 1. The van der Waals surface area contributed by atoms with E-state index in [1.165, 1.54) is 9.87 Å². The summed E-state index contributed by atoms with van der Waals surface area (Å²) >= 11 is 1.73. The minimum Gasteiger partial charge on any atom is -0.353 e. The molecule has 146 valence electrons. The maximum atomic E-state index is 12.5. The van der Waals surface area contributed by atoms with Crippen LogP contribution in [0.25, 0.3) is 0 Å². The second kappa shape index (κ2) is 9.80. The van der Waals surface area contributed by atoms with Crippen molar-refractivity contribution >= 4 is 33.4 Å². The van der Waals surface area contributed by atoms with Crippen LogP contribution in [0.2, 0.25) is 0 Å². The van der Waals surface area contributed by atoms with E-state index in [-0.39, 0.29) is 5.91 Å². The molecular weight excluding hydrogens is 380 g/mol. The Morgan fingerprint density at radius 1 is 1.11 bits per heavy atom. The van der Waals surface area contributed by atoms with Gasteiger partial charge in [0, 0.05) is 18.1 Å². The zero-order valence-electron chi connectivity index (χ0n) is 15.9. The minimum absolute atomic E-state index is 0.304. The van der Waals surface area contributed by atoms with Crippen molar-refractivity contribution in [3.05, 3.63) is 65.7 Å². The molecule has 0 saturated carbocycles. The Labute approximate surface area is 166 Å². The van der Waals surface area contributed by atoms with Crippen molar-refractivity contribution in [2.24, 2.45) is 0 Å². The highest BCUT2D eigenvalue weighted by Crippen LogP contribution is 2.21. The molecule has 0 saturated heterocycles. The van der Waals surface area contributed by atoms with Crippen LogP contribution in [0.5, 0.6) is 0 Å². The fourth-order valence-corrected chi connectivity index (χ4v) is 4.65. The molecule has 0 aromatic heterocycles. The van der Waals surface area contributed by atoms with Crippen molar-refractivity contribution in [3.63, 3.8) is 0 Å². The second-order valence-corrected chi connectivity index (χ2v) is 9.36. The van der Waals surface area contributed by atoms with E-state index in [1.54, 1.807) is 30.8 Å². The predicted octanol–water partition coefficient (Wildman–Crippen LogP) is 3.20. The van der Waals surface area contributed by atoms with Crippen molar-refractivity contribution in [3.8, 4) is 0 Å². The molecule has 2 rings (SSSR count). The summed E-state index contributed by atoms with van der Waals surface area (Å²) < 4.78 is 25.6. The van der Waals surface area contributed by atoms with Gasteiger partial charge in [0.15, 0.2) is 0 Å². The predicted molar refractivity (Wildman–Crippen MR) is 114 cm³/mol. The van der Waals surface area contributed by atoms with Gasteiger partial charge < -0.3 is 5.32 Å². The normalized spacial score (nSPS) is 12.4. The van der Waals surface area contributed by atoms with Crippen LogP contribution in [0.1, 0.15) is 18.1 Å². The molecule has 7 heteroatoms. The average Bonchev–Trinajstić information content (AvgIpc) is 2.62. The molecule has 1 N–H and O–H groups in total. The summed E-state index contributed by atoms with van der Waals surface area (Å²) in [5.74, 6) is 1.34. The number of aryl methyl sites for hydroxylation is 1. The van der Waals surface area contributed by atoms with Crippen LogP contribution in [-0.2, 0) is 20.6 Å². The number of carbonyl (C=O) groups excluding carboxylic acids is 1. The maximum absolute atomic E-state index is 12.5. The van der Waals surface area contributed by atoms with Gasteiger partial charge in [0.2, 0.25) is 15.9 Å². The summed E-state index contributed by atoms with van der Waals surface area (Å²) in [5, 5.41) is 2.84. The molecule has 27 heavy (non-hydrogen) atoms. The minimum atomic E-state index is -3.58. The molecular formula is C20H26N2O3S2. The van der Waals surface area contributed by atoms with Crippen LogP contribution < -0.4 is 9.62 Å². The number of anilines is 1. The molecule has 0 spiro atoms. The van der Waals surface area contributed by atoms with Crippen LogP contribution >= 0.6 is 11.8 Å². The van der Waals surface area contributed by atoms with Crippen LogP contribution in [0.15, 0.2) is 54.6 Å². The summed E-state index contributed by atoms with van der Waals surface area (Å²) in [6.45, 7) is 4.03. The Balaban J connectivity index is 1.90. The highest BCUT2D eigenvalue weighted by atomic mass is 32.2. The summed E-state index contributed by atoms with van der Waals surface area (Å²) in [4.78, 5) is 12.5. The van der Waals surface area contributed by atoms with E-state index >= 15 is 0 Å². The van der Waals surface area contributed by atoms with Crippen LogP contribution in [0.3, 0.4) is 0 Å². The summed E-state index contributed by atoms with van der Waals surface area (Å²) in [6.07, 6.45) is 1.12. The molecule has 2 aromatic carbocycles. The Bertz CT molecular complexity index is 837. The molecule has 2 aromatic rings. The first kappa shape index (κ1) is 21.3. The van der Waals surface area contributed by atoms with Crippen molar-refractivity contribution < 1.29 is 13.2 Å². The molecule has 0 aliphatic rings. The van der Waals surface area contributed by atoms with Gasteiger partial charge in [0.25, 0.3) is 0 Å².